The Morgan fingerprint density at radius 3 is 2.56 bits per heavy atom. The zero-order valence-electron chi connectivity index (χ0n) is 8.93. The zero-order valence-corrected chi connectivity index (χ0v) is 8.93. The summed E-state index contributed by atoms with van der Waals surface area (Å²) in [5, 5.41) is 0. The van der Waals surface area contributed by atoms with Gasteiger partial charge in [-0.1, -0.05) is 12.1 Å². The summed E-state index contributed by atoms with van der Waals surface area (Å²) in [6, 6.07) is 7.15. The maximum Gasteiger partial charge on any atom is 0.308 e. The van der Waals surface area contributed by atoms with Gasteiger partial charge in [-0.05, 0) is 17.7 Å². The molecule has 1 aromatic carbocycles. The predicted molar refractivity (Wildman–Crippen MR) is 56.1 cm³/mol. The van der Waals surface area contributed by atoms with E-state index in [4.69, 9.17) is 9.47 Å². The Morgan fingerprint density at radius 2 is 2.06 bits per heavy atom. The molecular formula is C12H12O4. The van der Waals surface area contributed by atoms with Crippen LogP contribution in [-0.2, 0) is 14.3 Å². The van der Waals surface area contributed by atoms with Crippen molar-refractivity contribution in [3.8, 4) is 5.75 Å². The quantitative estimate of drug-likeness (QED) is 0.561. The van der Waals surface area contributed by atoms with Crippen LogP contribution in [-0.4, -0.2) is 18.5 Å². The highest BCUT2D eigenvalue weighted by atomic mass is 16.5. The number of hydrogen-bond acceptors (Lipinski definition) is 4. The van der Waals surface area contributed by atoms with E-state index in [9.17, 15) is 9.59 Å². The van der Waals surface area contributed by atoms with E-state index >= 15 is 0 Å². The number of ether oxygens (including phenoxy) is 2. The molecule has 1 unspecified atom stereocenters. The Morgan fingerprint density at radius 1 is 1.38 bits per heavy atom. The SMILES string of the molecule is CC(=O)Oc1ccc(C2COC(=O)C2)cc1. The minimum absolute atomic E-state index is 0.124. The topological polar surface area (TPSA) is 52.6 Å². The zero-order chi connectivity index (χ0) is 11.5. The van der Waals surface area contributed by atoms with Crippen molar-refractivity contribution >= 4 is 11.9 Å². The molecule has 0 spiro atoms. The summed E-state index contributed by atoms with van der Waals surface area (Å²) in [4.78, 5) is 21.7. The lowest BCUT2D eigenvalue weighted by molar-refractivity contribution is -0.138. The maximum absolute atomic E-state index is 10.9. The molecule has 1 fully saturated rings. The Bertz CT molecular complexity index is 408. The summed E-state index contributed by atoms with van der Waals surface area (Å²) in [5.41, 5.74) is 1.03. The smallest absolute Gasteiger partial charge is 0.308 e. The van der Waals surface area contributed by atoms with Crippen molar-refractivity contribution in [3.05, 3.63) is 29.8 Å². The standard InChI is InChI=1S/C12H12O4/c1-8(13)16-11-4-2-9(3-5-11)10-6-12(14)15-7-10/h2-5,10H,6-7H2,1H3. The molecule has 1 atom stereocenters. The van der Waals surface area contributed by atoms with Crippen LogP contribution in [0.4, 0.5) is 0 Å². The van der Waals surface area contributed by atoms with Crippen molar-refractivity contribution in [2.24, 2.45) is 0 Å². The fourth-order valence-electron chi connectivity index (χ4n) is 1.70. The number of carbonyl (C=O) groups is 2. The van der Waals surface area contributed by atoms with Crippen molar-refractivity contribution in [2.45, 2.75) is 19.3 Å². The van der Waals surface area contributed by atoms with Crippen LogP contribution < -0.4 is 4.74 Å². The van der Waals surface area contributed by atoms with Crippen LogP contribution in [0.1, 0.15) is 24.8 Å². The van der Waals surface area contributed by atoms with Gasteiger partial charge >= 0.3 is 11.9 Å². The van der Waals surface area contributed by atoms with E-state index in [1.54, 1.807) is 12.1 Å². The molecule has 2 rings (SSSR count). The lowest BCUT2D eigenvalue weighted by atomic mass is 9.98. The van der Waals surface area contributed by atoms with Crippen molar-refractivity contribution in [1.82, 2.24) is 0 Å². The Kier molecular flexibility index (Phi) is 2.90. The number of cyclic esters (lactones) is 1. The van der Waals surface area contributed by atoms with E-state index in [-0.39, 0.29) is 17.9 Å². The molecule has 84 valence electrons. The van der Waals surface area contributed by atoms with E-state index < -0.39 is 0 Å². The highest BCUT2D eigenvalue weighted by Gasteiger charge is 2.24. The number of hydrogen-bond donors (Lipinski definition) is 0. The summed E-state index contributed by atoms with van der Waals surface area (Å²) in [7, 11) is 0. The van der Waals surface area contributed by atoms with Gasteiger partial charge in [0.1, 0.15) is 5.75 Å². The van der Waals surface area contributed by atoms with Crippen molar-refractivity contribution in [2.75, 3.05) is 6.61 Å². The summed E-state index contributed by atoms with van der Waals surface area (Å²) >= 11 is 0. The molecule has 0 radical (unpaired) electrons. The Hall–Kier alpha value is -1.84. The fourth-order valence-corrected chi connectivity index (χ4v) is 1.70. The van der Waals surface area contributed by atoms with Crippen LogP contribution in [0.2, 0.25) is 0 Å². The summed E-state index contributed by atoms with van der Waals surface area (Å²) in [6.07, 6.45) is 0.424. The first-order valence-corrected chi connectivity index (χ1v) is 5.09. The van der Waals surface area contributed by atoms with Gasteiger partial charge in [-0.25, -0.2) is 0 Å². The minimum atomic E-state index is -0.341. The van der Waals surface area contributed by atoms with E-state index in [0.29, 0.717) is 18.8 Å². The van der Waals surface area contributed by atoms with Crippen LogP contribution in [0.25, 0.3) is 0 Å². The lowest BCUT2D eigenvalue weighted by Gasteiger charge is -2.07. The van der Waals surface area contributed by atoms with Gasteiger partial charge < -0.3 is 9.47 Å². The molecule has 0 bridgehead atoms. The summed E-state index contributed by atoms with van der Waals surface area (Å²) in [5.74, 6) is 0.140. The van der Waals surface area contributed by atoms with Crippen LogP contribution in [0, 0.1) is 0 Å². The largest absolute Gasteiger partial charge is 0.465 e. The third kappa shape index (κ3) is 2.39. The first-order valence-electron chi connectivity index (χ1n) is 5.09. The number of esters is 2. The Balaban J connectivity index is 2.07. The molecule has 0 aromatic heterocycles. The second-order valence-corrected chi connectivity index (χ2v) is 3.75. The number of carbonyl (C=O) groups excluding carboxylic acids is 2. The van der Waals surface area contributed by atoms with Crippen LogP contribution in [0.15, 0.2) is 24.3 Å². The average molecular weight is 220 g/mol. The fraction of sp³-hybridized carbons (Fsp3) is 0.333. The van der Waals surface area contributed by atoms with Gasteiger partial charge in [-0.3, -0.25) is 9.59 Å². The normalized spacial score (nSPS) is 19.3. The molecule has 1 heterocycles. The summed E-state index contributed by atoms with van der Waals surface area (Å²) in [6.45, 7) is 1.79. The molecular weight excluding hydrogens is 208 g/mol. The van der Waals surface area contributed by atoms with Gasteiger partial charge in [0.05, 0.1) is 13.0 Å². The van der Waals surface area contributed by atoms with Crippen LogP contribution >= 0.6 is 0 Å². The molecule has 1 saturated heterocycles. The molecule has 1 aromatic rings. The molecule has 16 heavy (non-hydrogen) atoms. The molecule has 0 amide bonds. The highest BCUT2D eigenvalue weighted by Crippen LogP contribution is 2.27. The maximum atomic E-state index is 10.9. The minimum Gasteiger partial charge on any atom is -0.465 e. The summed E-state index contributed by atoms with van der Waals surface area (Å²) < 4.78 is 9.81. The van der Waals surface area contributed by atoms with Gasteiger partial charge in [-0.15, -0.1) is 0 Å². The molecule has 0 aliphatic carbocycles. The van der Waals surface area contributed by atoms with Crippen LogP contribution in [0.3, 0.4) is 0 Å². The van der Waals surface area contributed by atoms with E-state index in [2.05, 4.69) is 0 Å². The van der Waals surface area contributed by atoms with Gasteiger partial charge in [0.2, 0.25) is 0 Å². The molecule has 1 aliphatic heterocycles. The van der Waals surface area contributed by atoms with E-state index in [1.807, 2.05) is 12.1 Å². The molecule has 0 N–H and O–H groups in total. The van der Waals surface area contributed by atoms with Crippen molar-refractivity contribution in [3.63, 3.8) is 0 Å². The third-order valence-electron chi connectivity index (χ3n) is 2.47. The lowest BCUT2D eigenvalue weighted by Crippen LogP contribution is -2.02. The first-order chi connectivity index (χ1) is 7.65. The van der Waals surface area contributed by atoms with E-state index in [1.165, 1.54) is 6.92 Å². The van der Waals surface area contributed by atoms with Gasteiger partial charge in [0.15, 0.2) is 0 Å². The average Bonchev–Trinajstić information content (AvgIpc) is 2.65. The first kappa shape index (κ1) is 10.7. The predicted octanol–water partition coefficient (Wildman–Crippen LogP) is 1.64. The molecule has 4 heteroatoms. The number of benzene rings is 1. The van der Waals surface area contributed by atoms with Crippen LogP contribution in [0.5, 0.6) is 5.75 Å². The van der Waals surface area contributed by atoms with E-state index in [0.717, 1.165) is 5.56 Å². The van der Waals surface area contributed by atoms with Gasteiger partial charge in [0.25, 0.3) is 0 Å². The van der Waals surface area contributed by atoms with Gasteiger partial charge in [-0.2, -0.15) is 0 Å². The molecule has 0 saturated carbocycles. The monoisotopic (exact) mass is 220 g/mol. The third-order valence-corrected chi connectivity index (χ3v) is 2.47. The second kappa shape index (κ2) is 4.35. The van der Waals surface area contributed by atoms with Crippen molar-refractivity contribution in [1.29, 1.82) is 0 Å². The van der Waals surface area contributed by atoms with Gasteiger partial charge in [0, 0.05) is 12.8 Å². The Labute approximate surface area is 93.2 Å². The molecule has 4 nitrogen and oxygen atoms in total. The molecule has 1 aliphatic rings. The number of rotatable bonds is 2. The highest BCUT2D eigenvalue weighted by molar-refractivity contribution is 5.73. The van der Waals surface area contributed by atoms with Crippen molar-refractivity contribution < 1.29 is 19.1 Å². The second-order valence-electron chi connectivity index (χ2n) is 3.75.